The highest BCUT2D eigenvalue weighted by Crippen LogP contribution is 2.20. The zero-order valence-electron chi connectivity index (χ0n) is 11.2. The second-order valence-corrected chi connectivity index (χ2v) is 7.72. The first kappa shape index (κ1) is 17.6. The molecule has 0 bridgehead atoms. The fourth-order valence-electron chi connectivity index (χ4n) is 1.49. The molecule has 1 aromatic rings. The Morgan fingerprint density at radius 3 is 2.52 bits per heavy atom. The summed E-state index contributed by atoms with van der Waals surface area (Å²) in [5.74, 6) is -1.90. The first-order chi connectivity index (χ1) is 9.58. The summed E-state index contributed by atoms with van der Waals surface area (Å²) in [5, 5.41) is 11.4. The van der Waals surface area contributed by atoms with E-state index in [4.69, 9.17) is 10.8 Å². The number of benzene rings is 1. The Labute approximate surface area is 130 Å². The van der Waals surface area contributed by atoms with E-state index in [-0.39, 0.29) is 23.4 Å². The van der Waals surface area contributed by atoms with E-state index in [1.165, 1.54) is 18.2 Å². The van der Waals surface area contributed by atoms with Crippen LogP contribution in [-0.4, -0.2) is 43.5 Å². The molecule has 0 saturated carbocycles. The van der Waals surface area contributed by atoms with E-state index in [2.05, 4.69) is 21.2 Å². The molecule has 0 aliphatic heterocycles. The summed E-state index contributed by atoms with van der Waals surface area (Å²) >= 11 is 3.14. The third kappa shape index (κ3) is 6.23. The maximum atomic E-state index is 11.8. The Hall–Kier alpha value is -1.45. The molecule has 0 heterocycles. The van der Waals surface area contributed by atoms with Gasteiger partial charge in [0, 0.05) is 16.4 Å². The van der Waals surface area contributed by atoms with Crippen LogP contribution in [0.4, 0.5) is 5.69 Å². The third-order valence-corrected chi connectivity index (χ3v) is 3.98. The zero-order chi connectivity index (χ0) is 16.2. The number of carbonyl (C=O) groups excluding carboxylic acids is 1. The summed E-state index contributed by atoms with van der Waals surface area (Å²) in [6.45, 7) is 0. The SMILES string of the molecule is CS(=O)(=O)CCC(N)C(=O)Nc1cc(Br)cc(C(=O)O)c1. The van der Waals surface area contributed by atoms with Gasteiger partial charge in [-0.2, -0.15) is 0 Å². The predicted molar refractivity (Wildman–Crippen MR) is 82.0 cm³/mol. The van der Waals surface area contributed by atoms with Gasteiger partial charge in [0.25, 0.3) is 0 Å². The number of nitrogens with two attached hydrogens (primary N) is 1. The quantitative estimate of drug-likeness (QED) is 0.673. The number of hydrogen-bond donors (Lipinski definition) is 3. The number of carbonyl (C=O) groups is 2. The molecular weight excluding hydrogens is 364 g/mol. The largest absolute Gasteiger partial charge is 0.478 e. The van der Waals surface area contributed by atoms with Gasteiger partial charge in [0.05, 0.1) is 17.4 Å². The predicted octanol–water partition coefficient (Wildman–Crippen LogP) is 0.848. The van der Waals surface area contributed by atoms with Gasteiger partial charge < -0.3 is 16.2 Å². The average Bonchev–Trinajstić information content (AvgIpc) is 2.34. The number of hydrogen-bond acceptors (Lipinski definition) is 5. The van der Waals surface area contributed by atoms with Crippen molar-refractivity contribution in [3.05, 3.63) is 28.2 Å². The Morgan fingerprint density at radius 1 is 1.38 bits per heavy atom. The van der Waals surface area contributed by atoms with Crippen molar-refractivity contribution in [1.82, 2.24) is 0 Å². The van der Waals surface area contributed by atoms with Crippen molar-refractivity contribution in [2.75, 3.05) is 17.3 Å². The molecule has 0 fully saturated rings. The van der Waals surface area contributed by atoms with Crippen molar-refractivity contribution in [2.45, 2.75) is 12.5 Å². The third-order valence-electron chi connectivity index (χ3n) is 2.55. The Balaban J connectivity index is 2.76. The van der Waals surface area contributed by atoms with Crippen LogP contribution < -0.4 is 11.1 Å². The number of carboxylic acids is 1. The minimum Gasteiger partial charge on any atom is -0.478 e. The van der Waals surface area contributed by atoms with E-state index in [0.29, 0.717) is 4.47 Å². The maximum absolute atomic E-state index is 11.8. The van der Waals surface area contributed by atoms with Gasteiger partial charge in [0.2, 0.25) is 5.91 Å². The number of rotatable bonds is 6. The summed E-state index contributed by atoms with van der Waals surface area (Å²) < 4.78 is 22.5. The fourth-order valence-corrected chi connectivity index (χ4v) is 2.67. The first-order valence-corrected chi connectivity index (χ1v) is 8.72. The van der Waals surface area contributed by atoms with E-state index in [1.54, 1.807) is 0 Å². The van der Waals surface area contributed by atoms with Crippen LogP contribution in [0, 0.1) is 0 Å². The monoisotopic (exact) mass is 378 g/mol. The van der Waals surface area contributed by atoms with Gasteiger partial charge >= 0.3 is 5.97 Å². The molecule has 0 aliphatic carbocycles. The molecule has 0 aromatic heterocycles. The summed E-state index contributed by atoms with van der Waals surface area (Å²) in [5.41, 5.74) is 5.87. The number of sulfone groups is 1. The van der Waals surface area contributed by atoms with E-state index >= 15 is 0 Å². The standard InChI is InChI=1S/C12H15BrN2O5S/c1-21(19,20)3-2-10(14)11(16)15-9-5-7(12(17)18)4-8(13)6-9/h4-6,10H,2-3,14H2,1H3,(H,15,16)(H,17,18). The number of carboxylic acid groups (broad SMARTS) is 1. The molecule has 1 aromatic carbocycles. The van der Waals surface area contributed by atoms with Gasteiger partial charge in [-0.3, -0.25) is 4.79 Å². The minimum atomic E-state index is -3.20. The zero-order valence-corrected chi connectivity index (χ0v) is 13.6. The van der Waals surface area contributed by atoms with Crippen molar-refractivity contribution in [3.63, 3.8) is 0 Å². The lowest BCUT2D eigenvalue weighted by Crippen LogP contribution is -2.37. The van der Waals surface area contributed by atoms with Crippen LogP contribution in [0.15, 0.2) is 22.7 Å². The fraction of sp³-hybridized carbons (Fsp3) is 0.333. The number of anilines is 1. The molecule has 1 atom stereocenters. The normalized spacial score (nSPS) is 12.7. The van der Waals surface area contributed by atoms with Crippen molar-refractivity contribution in [2.24, 2.45) is 5.73 Å². The summed E-state index contributed by atoms with van der Waals surface area (Å²) in [4.78, 5) is 22.7. The first-order valence-electron chi connectivity index (χ1n) is 5.86. The van der Waals surface area contributed by atoms with Gasteiger partial charge in [-0.05, 0) is 24.6 Å². The number of amides is 1. The van der Waals surface area contributed by atoms with Crippen LogP contribution in [0.2, 0.25) is 0 Å². The molecule has 0 aliphatic rings. The van der Waals surface area contributed by atoms with Crippen LogP contribution in [0.3, 0.4) is 0 Å². The van der Waals surface area contributed by atoms with Crippen LogP contribution in [0.5, 0.6) is 0 Å². The molecule has 0 spiro atoms. The molecule has 1 rings (SSSR count). The molecule has 0 radical (unpaired) electrons. The Kier molecular flexibility index (Phi) is 5.87. The molecule has 9 heteroatoms. The maximum Gasteiger partial charge on any atom is 0.335 e. The van der Waals surface area contributed by atoms with Crippen LogP contribution in [0.25, 0.3) is 0 Å². The average molecular weight is 379 g/mol. The highest BCUT2D eigenvalue weighted by atomic mass is 79.9. The lowest BCUT2D eigenvalue weighted by Gasteiger charge is -2.12. The highest BCUT2D eigenvalue weighted by molar-refractivity contribution is 9.10. The van der Waals surface area contributed by atoms with Gasteiger partial charge in [-0.15, -0.1) is 0 Å². The van der Waals surface area contributed by atoms with Crippen molar-refractivity contribution in [3.8, 4) is 0 Å². The molecule has 7 nitrogen and oxygen atoms in total. The second kappa shape index (κ2) is 7.01. The summed E-state index contributed by atoms with van der Waals surface area (Å²) in [6, 6.07) is 3.20. The van der Waals surface area contributed by atoms with Gasteiger partial charge in [-0.25, -0.2) is 13.2 Å². The molecule has 0 saturated heterocycles. The van der Waals surface area contributed by atoms with Gasteiger partial charge in [0.1, 0.15) is 9.84 Å². The molecular formula is C12H15BrN2O5S. The van der Waals surface area contributed by atoms with Crippen molar-refractivity contribution in [1.29, 1.82) is 0 Å². The van der Waals surface area contributed by atoms with Gasteiger partial charge in [0.15, 0.2) is 0 Å². The summed E-state index contributed by atoms with van der Waals surface area (Å²) in [7, 11) is -3.20. The number of nitrogens with one attached hydrogen (secondary N) is 1. The highest BCUT2D eigenvalue weighted by Gasteiger charge is 2.17. The van der Waals surface area contributed by atoms with E-state index in [0.717, 1.165) is 6.26 Å². The lowest BCUT2D eigenvalue weighted by molar-refractivity contribution is -0.117. The second-order valence-electron chi connectivity index (χ2n) is 4.55. The Bertz CT molecular complexity index is 660. The van der Waals surface area contributed by atoms with Crippen molar-refractivity contribution >= 4 is 43.3 Å². The number of aromatic carboxylic acids is 1. The number of halogens is 1. The molecule has 4 N–H and O–H groups in total. The van der Waals surface area contributed by atoms with E-state index < -0.39 is 27.8 Å². The topological polar surface area (TPSA) is 127 Å². The van der Waals surface area contributed by atoms with Crippen molar-refractivity contribution < 1.29 is 23.1 Å². The minimum absolute atomic E-state index is 0.00406. The lowest BCUT2D eigenvalue weighted by atomic mass is 10.2. The van der Waals surface area contributed by atoms with Crippen LogP contribution in [0.1, 0.15) is 16.8 Å². The molecule has 21 heavy (non-hydrogen) atoms. The Morgan fingerprint density at radius 2 is 2.00 bits per heavy atom. The molecule has 1 amide bonds. The smallest absolute Gasteiger partial charge is 0.335 e. The molecule has 116 valence electrons. The molecule has 1 unspecified atom stereocenters. The van der Waals surface area contributed by atoms with Gasteiger partial charge in [-0.1, -0.05) is 15.9 Å². The van der Waals surface area contributed by atoms with Crippen LogP contribution in [-0.2, 0) is 14.6 Å². The van der Waals surface area contributed by atoms with E-state index in [9.17, 15) is 18.0 Å². The van der Waals surface area contributed by atoms with Crippen LogP contribution >= 0.6 is 15.9 Å². The summed E-state index contributed by atoms with van der Waals surface area (Å²) in [6.07, 6.45) is 1.05. The van der Waals surface area contributed by atoms with E-state index in [1.807, 2.05) is 0 Å².